The predicted molar refractivity (Wildman–Crippen MR) is 146 cm³/mol. The molecule has 3 aliphatic carbocycles. The van der Waals surface area contributed by atoms with Gasteiger partial charge in [-0.1, -0.05) is 66.7 Å². The van der Waals surface area contributed by atoms with Crippen LogP contribution in [0.2, 0.25) is 0 Å². The first-order valence-electron chi connectivity index (χ1n) is 12.5. The summed E-state index contributed by atoms with van der Waals surface area (Å²) in [6.07, 6.45) is 0. The normalized spacial score (nSPS) is 22.3. The van der Waals surface area contributed by atoms with Crippen LogP contribution in [-0.2, 0) is 9.59 Å². The number of nitrogen functional groups attached to an aromatic ring is 1. The summed E-state index contributed by atoms with van der Waals surface area (Å²) in [6, 6.07) is 27.0. The molecule has 3 aromatic carbocycles. The van der Waals surface area contributed by atoms with E-state index in [9.17, 15) is 19.6 Å². The van der Waals surface area contributed by atoms with Crippen molar-refractivity contribution in [1.29, 1.82) is 5.26 Å². The molecule has 1 aliphatic heterocycles. The van der Waals surface area contributed by atoms with E-state index < -0.39 is 23.7 Å². The number of hydrazine groups is 1. The first-order chi connectivity index (χ1) is 19.0. The average molecular weight is 532 g/mol. The third kappa shape index (κ3) is 3.25. The highest BCUT2D eigenvalue weighted by atomic mass is 32.1. The van der Waals surface area contributed by atoms with Gasteiger partial charge in [-0.05, 0) is 34.4 Å². The Hall–Kier alpha value is -4.94. The molecular weight excluding hydrogens is 510 g/mol. The van der Waals surface area contributed by atoms with Crippen LogP contribution in [0.1, 0.15) is 49.3 Å². The van der Waals surface area contributed by atoms with Crippen LogP contribution in [0.5, 0.6) is 0 Å². The van der Waals surface area contributed by atoms with Crippen molar-refractivity contribution in [2.45, 2.75) is 11.8 Å². The molecule has 4 aliphatic rings. The van der Waals surface area contributed by atoms with Gasteiger partial charge in [0.05, 0.1) is 17.5 Å². The Labute approximate surface area is 227 Å². The van der Waals surface area contributed by atoms with Crippen LogP contribution < -0.4 is 16.5 Å². The Kier molecular flexibility index (Phi) is 5.08. The molecule has 2 unspecified atom stereocenters. The van der Waals surface area contributed by atoms with Crippen molar-refractivity contribution in [3.8, 4) is 6.07 Å². The second-order valence-corrected chi connectivity index (χ2v) is 10.9. The molecule has 190 valence electrons. The molecule has 1 saturated heterocycles. The van der Waals surface area contributed by atoms with Crippen molar-refractivity contribution in [3.05, 3.63) is 112 Å². The Balaban J connectivity index is 1.32. The summed E-state index contributed by atoms with van der Waals surface area (Å²) in [5, 5.41) is 13.9. The fourth-order valence-corrected chi connectivity index (χ4v) is 7.35. The largest absolute Gasteiger partial charge is 0.396 e. The fourth-order valence-electron chi connectivity index (χ4n) is 6.42. The summed E-state index contributed by atoms with van der Waals surface area (Å²) in [6.45, 7) is 0. The zero-order chi connectivity index (χ0) is 26.8. The lowest BCUT2D eigenvalue weighted by atomic mass is 9.53. The van der Waals surface area contributed by atoms with Gasteiger partial charge in [0, 0.05) is 17.5 Å². The Bertz CT molecular complexity index is 1690. The molecule has 4 N–H and O–H groups in total. The Morgan fingerprint density at radius 3 is 1.97 bits per heavy atom. The van der Waals surface area contributed by atoms with E-state index in [1.165, 1.54) is 0 Å². The minimum Gasteiger partial charge on any atom is -0.396 e. The first kappa shape index (κ1) is 23.2. The lowest BCUT2D eigenvalue weighted by Gasteiger charge is -2.52. The fraction of sp³-hybridized carbons (Fsp3) is 0.133. The van der Waals surface area contributed by atoms with Crippen LogP contribution in [0.15, 0.2) is 78.9 Å². The Morgan fingerprint density at radius 1 is 0.872 bits per heavy atom. The van der Waals surface area contributed by atoms with E-state index >= 15 is 0 Å². The van der Waals surface area contributed by atoms with Gasteiger partial charge in [0.1, 0.15) is 21.5 Å². The average Bonchev–Trinajstić information content (AvgIpc) is 3.29. The highest BCUT2D eigenvalue weighted by Gasteiger charge is 2.59. The van der Waals surface area contributed by atoms with Crippen molar-refractivity contribution in [2.24, 2.45) is 11.8 Å². The number of thiophene rings is 1. The highest BCUT2D eigenvalue weighted by Crippen LogP contribution is 2.59. The minimum absolute atomic E-state index is 0.0192. The van der Waals surface area contributed by atoms with E-state index in [1.54, 1.807) is 0 Å². The smallest absolute Gasteiger partial charge is 0.284 e. The summed E-state index contributed by atoms with van der Waals surface area (Å²) in [5.41, 5.74) is 13.6. The van der Waals surface area contributed by atoms with E-state index in [4.69, 9.17) is 5.73 Å². The summed E-state index contributed by atoms with van der Waals surface area (Å²) in [5.74, 6) is -3.70. The number of carbonyl (C=O) groups excluding carboxylic acids is 3. The van der Waals surface area contributed by atoms with Crippen LogP contribution in [0.4, 0.5) is 16.4 Å². The molecule has 8 rings (SSSR count). The number of carbonyl (C=O) groups is 3. The van der Waals surface area contributed by atoms with Crippen molar-refractivity contribution in [2.75, 3.05) is 11.1 Å². The number of para-hydroxylation sites is 1. The zero-order valence-electron chi connectivity index (χ0n) is 20.4. The molecule has 0 saturated carbocycles. The molecule has 8 nitrogen and oxygen atoms in total. The summed E-state index contributed by atoms with van der Waals surface area (Å²) in [4.78, 5) is 42.0. The Morgan fingerprint density at radius 2 is 1.41 bits per heavy atom. The van der Waals surface area contributed by atoms with Crippen LogP contribution >= 0.6 is 11.3 Å². The molecule has 0 spiro atoms. The molecule has 1 fully saturated rings. The molecule has 2 bridgehead atoms. The van der Waals surface area contributed by atoms with E-state index in [0.29, 0.717) is 10.7 Å². The highest BCUT2D eigenvalue weighted by molar-refractivity contribution is 7.17. The van der Waals surface area contributed by atoms with E-state index in [0.717, 1.165) is 38.6 Å². The molecule has 0 radical (unpaired) electrons. The molecule has 3 amide bonds. The molecule has 39 heavy (non-hydrogen) atoms. The van der Waals surface area contributed by atoms with Gasteiger partial charge in [-0.25, -0.2) is 0 Å². The maximum absolute atomic E-state index is 14.2. The number of imide groups is 1. The number of anilines is 3. The summed E-state index contributed by atoms with van der Waals surface area (Å²) in [7, 11) is 0. The van der Waals surface area contributed by atoms with E-state index in [1.807, 2.05) is 84.9 Å². The molecule has 1 aromatic heterocycles. The standard InChI is InChI=1S/C30H21N5O3S/c31-14-20-26(32)25(28(39-20)33-15-8-2-1-3-9-15)30(38)35-29(37)24-22-18-12-6-4-10-16(18)21(23(24)27(36)34-35)17-11-5-7-13-19(17)22/h1-13,21-24,33H,32H2,(H,34,36). The number of nitrogens with one attached hydrogen (secondary N) is 2. The number of hydrogen-bond donors (Lipinski definition) is 3. The predicted octanol–water partition coefficient (Wildman–Crippen LogP) is 4.48. The van der Waals surface area contributed by atoms with Crippen LogP contribution in [0, 0.1) is 23.2 Å². The molecule has 9 heteroatoms. The van der Waals surface area contributed by atoms with Gasteiger partial charge in [-0.15, -0.1) is 11.3 Å². The topological polar surface area (TPSA) is 128 Å². The number of nitriles is 1. The third-order valence-corrected chi connectivity index (χ3v) is 8.99. The zero-order valence-corrected chi connectivity index (χ0v) is 21.2. The van der Waals surface area contributed by atoms with Gasteiger partial charge in [-0.3, -0.25) is 19.8 Å². The third-order valence-electron chi connectivity index (χ3n) is 7.96. The second kappa shape index (κ2) is 8.55. The lowest BCUT2D eigenvalue weighted by molar-refractivity contribution is -0.156. The van der Waals surface area contributed by atoms with Crippen LogP contribution in [0.3, 0.4) is 0 Å². The number of amides is 3. The van der Waals surface area contributed by atoms with Gasteiger partial charge in [0.25, 0.3) is 11.8 Å². The number of rotatable bonds is 3. The van der Waals surface area contributed by atoms with Crippen molar-refractivity contribution >= 4 is 45.4 Å². The van der Waals surface area contributed by atoms with E-state index in [-0.39, 0.29) is 33.9 Å². The second-order valence-electron chi connectivity index (χ2n) is 9.87. The van der Waals surface area contributed by atoms with Crippen molar-refractivity contribution in [1.82, 2.24) is 10.4 Å². The number of hydrogen-bond acceptors (Lipinski definition) is 7. The maximum atomic E-state index is 14.2. The van der Waals surface area contributed by atoms with Crippen LogP contribution in [-0.4, -0.2) is 22.7 Å². The van der Waals surface area contributed by atoms with Crippen LogP contribution in [0.25, 0.3) is 0 Å². The number of benzene rings is 3. The quantitative estimate of drug-likeness (QED) is 0.335. The van der Waals surface area contributed by atoms with Crippen molar-refractivity contribution in [3.63, 3.8) is 0 Å². The van der Waals surface area contributed by atoms with Gasteiger partial charge >= 0.3 is 0 Å². The minimum atomic E-state index is -0.775. The molecule has 2 heterocycles. The maximum Gasteiger partial charge on any atom is 0.284 e. The summed E-state index contributed by atoms with van der Waals surface area (Å²) >= 11 is 1.02. The molecule has 2 atom stereocenters. The van der Waals surface area contributed by atoms with E-state index in [2.05, 4.69) is 10.7 Å². The number of nitrogens with zero attached hydrogens (tertiary/aromatic N) is 2. The number of nitrogens with two attached hydrogens (primary N) is 1. The van der Waals surface area contributed by atoms with Gasteiger partial charge < -0.3 is 11.1 Å². The molecular formula is C30H21N5O3S. The summed E-state index contributed by atoms with van der Waals surface area (Å²) < 4.78 is 0. The van der Waals surface area contributed by atoms with Gasteiger partial charge in [0.2, 0.25) is 5.91 Å². The first-order valence-corrected chi connectivity index (χ1v) is 13.3. The van der Waals surface area contributed by atoms with Crippen molar-refractivity contribution < 1.29 is 14.4 Å². The van der Waals surface area contributed by atoms with Gasteiger partial charge in [-0.2, -0.15) is 10.3 Å². The molecule has 4 aromatic rings. The SMILES string of the molecule is N#Cc1sc(Nc2ccccc2)c(C(=O)N2NC(=O)C3C4c5ccccc5C(c5ccccc54)C3C2=O)c1N. The monoisotopic (exact) mass is 531 g/mol. The van der Waals surface area contributed by atoms with Gasteiger partial charge in [0.15, 0.2) is 0 Å². The lowest BCUT2D eigenvalue weighted by Crippen LogP contribution is -2.65.